The van der Waals surface area contributed by atoms with Crippen molar-refractivity contribution in [3.05, 3.63) is 41.1 Å². The third kappa shape index (κ3) is 2.60. The van der Waals surface area contributed by atoms with Crippen molar-refractivity contribution in [3.63, 3.8) is 0 Å². The van der Waals surface area contributed by atoms with Crippen LogP contribution in [0.2, 0.25) is 0 Å². The Bertz CT molecular complexity index is 637. The average molecular weight is 267 g/mol. The molecule has 2 aromatic heterocycles. The number of furan rings is 1. The van der Waals surface area contributed by atoms with E-state index in [2.05, 4.69) is 28.6 Å². The molecule has 0 unspecified atom stereocenters. The van der Waals surface area contributed by atoms with Crippen LogP contribution in [0.15, 0.2) is 28.3 Å². The van der Waals surface area contributed by atoms with Gasteiger partial charge in [0.15, 0.2) is 7.28 Å². The zero-order chi connectivity index (χ0) is 13.9. The van der Waals surface area contributed by atoms with E-state index in [9.17, 15) is 0 Å². The predicted octanol–water partition coefficient (Wildman–Crippen LogP) is 1.02. The molecule has 0 bridgehead atoms. The number of hydrogen-bond donors (Lipinski definition) is 2. The molecule has 3 heterocycles. The topological polar surface area (TPSA) is 77.0 Å². The Hall–Kier alpha value is -2.08. The SMILES string of the molecule is Cc1nc2c(c(NCc3ccco3)n1)[B]C(CCN)=C2. The minimum absolute atomic E-state index is 0.607. The normalized spacial score (nSPS) is 12.8. The van der Waals surface area contributed by atoms with Gasteiger partial charge in [0.05, 0.1) is 18.5 Å². The molecule has 6 heteroatoms. The summed E-state index contributed by atoms with van der Waals surface area (Å²) in [6, 6.07) is 3.81. The van der Waals surface area contributed by atoms with Crippen molar-refractivity contribution in [1.29, 1.82) is 0 Å². The summed E-state index contributed by atoms with van der Waals surface area (Å²) in [5.41, 5.74) is 8.80. The number of aryl methyl sites for hydroxylation is 1. The Kier molecular flexibility index (Phi) is 3.56. The largest absolute Gasteiger partial charge is 0.467 e. The molecule has 0 aromatic carbocycles. The maximum absolute atomic E-state index is 5.61. The van der Waals surface area contributed by atoms with Crippen molar-refractivity contribution in [2.45, 2.75) is 19.9 Å². The van der Waals surface area contributed by atoms with Crippen LogP contribution in [0.25, 0.3) is 6.08 Å². The highest BCUT2D eigenvalue weighted by Crippen LogP contribution is 2.17. The number of rotatable bonds is 5. The summed E-state index contributed by atoms with van der Waals surface area (Å²) in [5, 5.41) is 3.31. The first-order valence-electron chi connectivity index (χ1n) is 6.66. The number of nitrogens with one attached hydrogen (secondary N) is 1. The third-order valence-corrected chi connectivity index (χ3v) is 3.18. The second kappa shape index (κ2) is 5.50. The zero-order valence-electron chi connectivity index (χ0n) is 11.4. The van der Waals surface area contributed by atoms with Gasteiger partial charge in [0.1, 0.15) is 17.4 Å². The fourth-order valence-corrected chi connectivity index (χ4v) is 2.29. The Labute approximate surface area is 118 Å². The molecule has 1 aliphatic rings. The van der Waals surface area contributed by atoms with Crippen molar-refractivity contribution in [1.82, 2.24) is 9.97 Å². The predicted molar refractivity (Wildman–Crippen MR) is 79.8 cm³/mol. The summed E-state index contributed by atoms with van der Waals surface area (Å²) < 4.78 is 5.32. The lowest BCUT2D eigenvalue weighted by Crippen LogP contribution is -2.23. The van der Waals surface area contributed by atoms with Crippen LogP contribution in [0.3, 0.4) is 0 Å². The van der Waals surface area contributed by atoms with Gasteiger partial charge in [0.2, 0.25) is 0 Å². The first kappa shape index (κ1) is 12.9. The monoisotopic (exact) mass is 267 g/mol. The minimum Gasteiger partial charge on any atom is -0.467 e. The van der Waals surface area contributed by atoms with E-state index in [1.807, 2.05) is 19.1 Å². The fraction of sp³-hybridized carbons (Fsp3) is 0.286. The van der Waals surface area contributed by atoms with E-state index in [0.29, 0.717) is 13.1 Å². The van der Waals surface area contributed by atoms with Crippen LogP contribution >= 0.6 is 0 Å². The third-order valence-electron chi connectivity index (χ3n) is 3.18. The molecule has 1 radical (unpaired) electrons. The number of fused-ring (bicyclic) bond motifs is 1. The molecule has 0 saturated carbocycles. The van der Waals surface area contributed by atoms with E-state index in [0.717, 1.165) is 35.0 Å². The Morgan fingerprint density at radius 3 is 3.05 bits per heavy atom. The van der Waals surface area contributed by atoms with Crippen LogP contribution in [0.4, 0.5) is 5.82 Å². The molecule has 5 nitrogen and oxygen atoms in total. The lowest BCUT2D eigenvalue weighted by molar-refractivity contribution is 0.518. The molecule has 0 spiro atoms. The maximum atomic E-state index is 5.61. The Morgan fingerprint density at radius 1 is 1.40 bits per heavy atom. The van der Waals surface area contributed by atoms with Crippen molar-refractivity contribution in [2.75, 3.05) is 11.9 Å². The zero-order valence-corrected chi connectivity index (χ0v) is 11.4. The number of hydrogen-bond acceptors (Lipinski definition) is 5. The number of nitrogens with two attached hydrogens (primary N) is 1. The minimum atomic E-state index is 0.607. The molecule has 3 N–H and O–H groups in total. The van der Waals surface area contributed by atoms with Crippen molar-refractivity contribution in [3.8, 4) is 0 Å². The molecule has 0 saturated heterocycles. The average Bonchev–Trinajstić information content (AvgIpc) is 3.05. The Balaban J connectivity index is 1.81. The van der Waals surface area contributed by atoms with Crippen LogP contribution in [0.5, 0.6) is 0 Å². The molecule has 0 atom stereocenters. The van der Waals surface area contributed by atoms with Crippen LogP contribution in [-0.2, 0) is 6.54 Å². The van der Waals surface area contributed by atoms with Gasteiger partial charge >= 0.3 is 0 Å². The fourth-order valence-electron chi connectivity index (χ4n) is 2.29. The van der Waals surface area contributed by atoms with E-state index < -0.39 is 0 Å². The second-order valence-electron chi connectivity index (χ2n) is 4.75. The molecule has 3 rings (SSSR count). The maximum Gasteiger partial charge on any atom is 0.193 e. The number of aromatic nitrogens is 2. The number of nitrogens with zero attached hydrogens (tertiary/aromatic N) is 2. The van der Waals surface area contributed by atoms with Crippen molar-refractivity contribution < 1.29 is 4.42 Å². The smallest absolute Gasteiger partial charge is 0.193 e. The molecule has 101 valence electrons. The van der Waals surface area contributed by atoms with E-state index >= 15 is 0 Å². The summed E-state index contributed by atoms with van der Waals surface area (Å²) in [6.45, 7) is 3.14. The molecular formula is C14H16BN4O. The van der Waals surface area contributed by atoms with Gasteiger partial charge in [-0.15, -0.1) is 0 Å². The van der Waals surface area contributed by atoms with Gasteiger partial charge in [-0.3, -0.25) is 0 Å². The van der Waals surface area contributed by atoms with Gasteiger partial charge < -0.3 is 15.5 Å². The van der Waals surface area contributed by atoms with Gasteiger partial charge in [-0.05, 0) is 43.6 Å². The van der Waals surface area contributed by atoms with E-state index in [1.165, 1.54) is 5.47 Å². The molecule has 0 aliphatic carbocycles. The summed E-state index contributed by atoms with van der Waals surface area (Å²) in [4.78, 5) is 8.95. The molecule has 2 aromatic rings. The molecule has 0 fully saturated rings. The standard InChI is InChI=1S/C14H16BN4O/c1-9-18-12-7-10(4-5-16)15-13(12)14(19-9)17-8-11-3-2-6-20-11/h2-3,6-7H,4-5,8,16H2,1H3,(H,17,18,19). The lowest BCUT2D eigenvalue weighted by Gasteiger charge is -2.10. The van der Waals surface area contributed by atoms with Gasteiger partial charge in [-0.2, -0.15) is 0 Å². The van der Waals surface area contributed by atoms with Crippen LogP contribution < -0.4 is 16.5 Å². The highest BCUT2D eigenvalue weighted by atomic mass is 16.3. The summed E-state index contributed by atoms with van der Waals surface area (Å²) >= 11 is 0. The Morgan fingerprint density at radius 2 is 2.30 bits per heavy atom. The quantitative estimate of drug-likeness (QED) is 0.791. The van der Waals surface area contributed by atoms with Crippen LogP contribution in [-0.4, -0.2) is 23.8 Å². The second-order valence-corrected chi connectivity index (χ2v) is 4.75. The van der Waals surface area contributed by atoms with Gasteiger partial charge in [0, 0.05) is 0 Å². The highest BCUT2D eigenvalue weighted by Gasteiger charge is 2.20. The molecular weight excluding hydrogens is 251 g/mol. The molecule has 1 aliphatic heterocycles. The van der Waals surface area contributed by atoms with Crippen LogP contribution in [0.1, 0.15) is 23.7 Å². The van der Waals surface area contributed by atoms with Gasteiger partial charge in [0.25, 0.3) is 0 Å². The van der Waals surface area contributed by atoms with E-state index in [4.69, 9.17) is 10.2 Å². The number of anilines is 1. The van der Waals surface area contributed by atoms with E-state index in [-0.39, 0.29) is 0 Å². The van der Waals surface area contributed by atoms with Gasteiger partial charge in [-0.1, -0.05) is 5.47 Å². The highest BCUT2D eigenvalue weighted by molar-refractivity contribution is 6.66. The summed E-state index contributed by atoms with van der Waals surface area (Å²) in [5.74, 6) is 2.47. The first-order valence-corrected chi connectivity index (χ1v) is 6.66. The summed E-state index contributed by atoms with van der Waals surface area (Å²) in [7, 11) is 2.10. The lowest BCUT2D eigenvalue weighted by atomic mass is 9.66. The molecule has 0 amide bonds. The van der Waals surface area contributed by atoms with Crippen molar-refractivity contribution in [2.24, 2.45) is 5.73 Å². The molecule has 20 heavy (non-hydrogen) atoms. The van der Waals surface area contributed by atoms with E-state index in [1.54, 1.807) is 6.26 Å². The summed E-state index contributed by atoms with van der Waals surface area (Å²) in [6.07, 6.45) is 4.60. The van der Waals surface area contributed by atoms with Crippen molar-refractivity contribution >= 4 is 24.6 Å². The van der Waals surface area contributed by atoms with Gasteiger partial charge in [-0.25, -0.2) is 9.97 Å². The first-order chi connectivity index (χ1) is 9.76. The van der Waals surface area contributed by atoms with Crippen LogP contribution in [0, 0.1) is 6.92 Å².